The van der Waals surface area contributed by atoms with Crippen LogP contribution in [0.5, 0.6) is 5.75 Å². The maximum Gasteiger partial charge on any atom is 0.308 e. The van der Waals surface area contributed by atoms with E-state index in [2.05, 4.69) is 4.74 Å². The fourth-order valence-corrected chi connectivity index (χ4v) is 4.47. The van der Waals surface area contributed by atoms with Crippen LogP contribution < -0.4 is 0 Å². The molecule has 1 saturated heterocycles. The van der Waals surface area contributed by atoms with Gasteiger partial charge in [0.05, 0.1) is 43.0 Å². The lowest BCUT2D eigenvalue weighted by Gasteiger charge is -2.51. The predicted molar refractivity (Wildman–Crippen MR) is 99.8 cm³/mol. The fourth-order valence-electron chi connectivity index (χ4n) is 4.47. The van der Waals surface area contributed by atoms with Crippen LogP contribution in [-0.4, -0.2) is 70.2 Å². The Hall–Kier alpha value is -2.59. The molecule has 0 aromatic heterocycles. The number of fused-ring (bicyclic) bond motifs is 2. The summed E-state index contributed by atoms with van der Waals surface area (Å²) >= 11 is 0. The minimum Gasteiger partial charge on any atom is -0.507 e. The lowest BCUT2D eigenvalue weighted by Crippen LogP contribution is -2.64. The molecule has 30 heavy (non-hydrogen) atoms. The van der Waals surface area contributed by atoms with Gasteiger partial charge in [0, 0.05) is 24.0 Å². The monoisotopic (exact) mass is 418 g/mol. The van der Waals surface area contributed by atoms with E-state index in [4.69, 9.17) is 9.47 Å². The predicted octanol–water partition coefficient (Wildman–Crippen LogP) is 0.647. The first-order valence-corrected chi connectivity index (χ1v) is 9.63. The van der Waals surface area contributed by atoms with Gasteiger partial charge in [0.15, 0.2) is 11.6 Å². The molecule has 5 atom stereocenters. The van der Waals surface area contributed by atoms with E-state index >= 15 is 0 Å². The summed E-state index contributed by atoms with van der Waals surface area (Å²) in [6.07, 6.45) is -4.80. The number of hydrogen-bond donors (Lipinski definition) is 3. The molecule has 0 radical (unpaired) electrons. The molecule has 9 heteroatoms. The van der Waals surface area contributed by atoms with Gasteiger partial charge >= 0.3 is 5.97 Å². The van der Waals surface area contributed by atoms with Gasteiger partial charge in [-0.2, -0.15) is 0 Å². The molecule has 0 amide bonds. The number of ketones is 2. The number of aliphatic hydroxyl groups is 2. The largest absolute Gasteiger partial charge is 0.507 e. The first kappa shape index (κ1) is 20.7. The molecule has 2 heterocycles. The number of esters is 1. The summed E-state index contributed by atoms with van der Waals surface area (Å²) in [7, 11) is 1.21. The summed E-state index contributed by atoms with van der Waals surface area (Å²) in [6, 6.07) is 4.15. The number of aliphatic hydroxyl groups excluding tert-OH is 2. The number of hydrogen-bond acceptors (Lipinski definition) is 9. The highest BCUT2D eigenvalue weighted by Gasteiger charge is 2.60. The Kier molecular flexibility index (Phi) is 5.01. The van der Waals surface area contributed by atoms with Gasteiger partial charge in [0.1, 0.15) is 11.9 Å². The van der Waals surface area contributed by atoms with Crippen molar-refractivity contribution < 1.29 is 43.9 Å². The number of Topliss-reactive ketones (excluding diaryl/α,β-unsaturated/α-hetero) is 2. The zero-order valence-electron chi connectivity index (χ0n) is 16.5. The van der Waals surface area contributed by atoms with Gasteiger partial charge in [-0.15, -0.1) is 0 Å². The van der Waals surface area contributed by atoms with Crippen molar-refractivity contribution in [2.75, 3.05) is 7.11 Å². The van der Waals surface area contributed by atoms with Crippen LogP contribution in [0.2, 0.25) is 0 Å². The van der Waals surface area contributed by atoms with Crippen molar-refractivity contribution in [1.82, 2.24) is 0 Å². The smallest absolute Gasteiger partial charge is 0.308 e. The normalized spacial score (nSPS) is 33.3. The molecule has 1 aliphatic carbocycles. The Morgan fingerprint density at radius 3 is 2.67 bits per heavy atom. The maximum absolute atomic E-state index is 13.4. The van der Waals surface area contributed by atoms with Gasteiger partial charge in [-0.3, -0.25) is 14.4 Å². The van der Waals surface area contributed by atoms with Gasteiger partial charge in [-0.05, 0) is 13.0 Å². The number of phenols is 1. The SMILES string of the molecule is COC(=O)CC1CC2=C(C(=O)c3c(O)cccc3C2=O)C2(OC(C)CC(O)C2O)O1. The molecule has 160 valence electrons. The van der Waals surface area contributed by atoms with Gasteiger partial charge in [0.2, 0.25) is 5.79 Å². The third kappa shape index (κ3) is 2.97. The number of carbonyl (C=O) groups excluding carboxylic acids is 3. The average molecular weight is 418 g/mol. The first-order valence-electron chi connectivity index (χ1n) is 9.63. The van der Waals surface area contributed by atoms with Crippen molar-refractivity contribution in [2.45, 2.75) is 56.4 Å². The molecular weight excluding hydrogens is 396 g/mol. The molecular formula is C21H22O9. The minimum absolute atomic E-state index is 0.0199. The van der Waals surface area contributed by atoms with E-state index in [-0.39, 0.29) is 47.3 Å². The van der Waals surface area contributed by atoms with Crippen LogP contribution in [0, 0.1) is 0 Å². The van der Waals surface area contributed by atoms with Crippen LogP contribution in [0.1, 0.15) is 46.9 Å². The standard InChI is InChI=1S/C21H22O9/c1-9-6-14(23)20(27)21(29-9)17-12(7-10(30-21)8-15(24)28-2)18(25)11-4-3-5-13(22)16(11)19(17)26/h3-5,9-10,14,20,22-23,27H,6-8H2,1-2H3. The van der Waals surface area contributed by atoms with Crippen molar-refractivity contribution in [2.24, 2.45) is 0 Å². The van der Waals surface area contributed by atoms with Crippen LogP contribution in [0.25, 0.3) is 0 Å². The summed E-state index contributed by atoms with van der Waals surface area (Å²) in [5.74, 6) is -4.41. The van der Waals surface area contributed by atoms with Crippen LogP contribution in [0.15, 0.2) is 29.3 Å². The van der Waals surface area contributed by atoms with Gasteiger partial charge in [-0.1, -0.05) is 12.1 Å². The summed E-state index contributed by atoms with van der Waals surface area (Å²) < 4.78 is 16.5. The number of benzene rings is 1. The van der Waals surface area contributed by atoms with Crippen LogP contribution in [0.3, 0.4) is 0 Å². The van der Waals surface area contributed by atoms with Gasteiger partial charge in [0.25, 0.3) is 0 Å². The van der Waals surface area contributed by atoms with Crippen molar-refractivity contribution in [1.29, 1.82) is 0 Å². The number of aromatic hydroxyl groups is 1. The topological polar surface area (TPSA) is 140 Å². The fraction of sp³-hybridized carbons (Fsp3) is 0.476. The van der Waals surface area contributed by atoms with Crippen molar-refractivity contribution in [3.8, 4) is 5.75 Å². The van der Waals surface area contributed by atoms with Gasteiger partial charge < -0.3 is 29.5 Å². The molecule has 1 aromatic carbocycles. The zero-order valence-corrected chi connectivity index (χ0v) is 16.5. The molecule has 1 fully saturated rings. The molecule has 0 bridgehead atoms. The number of methoxy groups -OCH3 is 1. The van der Waals surface area contributed by atoms with Crippen LogP contribution >= 0.6 is 0 Å². The summed E-state index contributed by atoms with van der Waals surface area (Å²) in [5, 5.41) is 31.5. The Bertz CT molecular complexity index is 965. The van der Waals surface area contributed by atoms with E-state index < -0.39 is 47.7 Å². The highest BCUT2D eigenvalue weighted by Crippen LogP contribution is 2.48. The van der Waals surface area contributed by atoms with E-state index in [1.807, 2.05) is 0 Å². The summed E-state index contributed by atoms with van der Waals surface area (Å²) in [4.78, 5) is 38.5. The zero-order chi connectivity index (χ0) is 21.8. The number of carbonyl (C=O) groups is 3. The van der Waals surface area contributed by atoms with E-state index in [9.17, 15) is 29.7 Å². The van der Waals surface area contributed by atoms with E-state index in [0.717, 1.165) is 0 Å². The van der Waals surface area contributed by atoms with Crippen LogP contribution in [0.4, 0.5) is 0 Å². The lowest BCUT2D eigenvalue weighted by atomic mass is 9.73. The van der Waals surface area contributed by atoms with Crippen molar-refractivity contribution >= 4 is 17.5 Å². The van der Waals surface area contributed by atoms with E-state index in [1.165, 1.54) is 25.3 Å². The quantitative estimate of drug-likeness (QED) is 0.591. The average Bonchev–Trinajstić information content (AvgIpc) is 2.69. The Balaban J connectivity index is 1.91. The highest BCUT2D eigenvalue weighted by atomic mass is 16.7. The summed E-state index contributed by atoms with van der Waals surface area (Å²) in [5.41, 5.74) is -0.412. The Labute approximate surface area is 171 Å². The molecule has 1 aromatic rings. The minimum atomic E-state index is -2.16. The first-order chi connectivity index (χ1) is 14.2. The molecule has 2 aliphatic heterocycles. The van der Waals surface area contributed by atoms with Gasteiger partial charge in [-0.25, -0.2) is 0 Å². The van der Waals surface area contributed by atoms with E-state index in [1.54, 1.807) is 6.92 Å². The maximum atomic E-state index is 13.4. The summed E-state index contributed by atoms with van der Waals surface area (Å²) in [6.45, 7) is 1.63. The molecule has 5 unspecified atom stereocenters. The lowest BCUT2D eigenvalue weighted by molar-refractivity contribution is -0.333. The molecule has 0 saturated carbocycles. The van der Waals surface area contributed by atoms with Crippen molar-refractivity contribution in [3.63, 3.8) is 0 Å². The Morgan fingerprint density at radius 2 is 1.97 bits per heavy atom. The number of phenolic OH excluding ortho intramolecular Hbond substituents is 1. The van der Waals surface area contributed by atoms with E-state index in [0.29, 0.717) is 0 Å². The molecule has 3 aliphatic rings. The highest BCUT2D eigenvalue weighted by molar-refractivity contribution is 6.28. The second-order valence-electron chi connectivity index (χ2n) is 7.78. The molecule has 4 rings (SSSR count). The van der Waals surface area contributed by atoms with Crippen molar-refractivity contribution in [3.05, 3.63) is 40.5 Å². The third-order valence-corrected chi connectivity index (χ3v) is 5.76. The van der Waals surface area contributed by atoms with Crippen LogP contribution in [-0.2, 0) is 19.0 Å². The molecule has 3 N–H and O–H groups in total. The second kappa shape index (κ2) is 7.28. The number of ether oxygens (including phenoxy) is 3. The third-order valence-electron chi connectivity index (χ3n) is 5.76. The molecule has 1 spiro atoms. The Morgan fingerprint density at radius 1 is 1.23 bits per heavy atom. The molecule has 9 nitrogen and oxygen atoms in total. The second-order valence-corrected chi connectivity index (χ2v) is 7.78. The number of rotatable bonds is 2.